The number of carbonyl (C=O) groups excluding carboxylic acids is 3. The van der Waals surface area contributed by atoms with Crippen LogP contribution in [0, 0.1) is 0 Å². The molecular weight excluding hydrogens is 745 g/mol. The Morgan fingerprint density at radius 3 is 0.833 bits per heavy atom. The summed E-state index contributed by atoms with van der Waals surface area (Å²) in [6.07, 6.45) is 56.9. The van der Waals surface area contributed by atoms with Crippen molar-refractivity contribution in [3.05, 3.63) is 36.5 Å². The van der Waals surface area contributed by atoms with Crippen molar-refractivity contribution < 1.29 is 28.6 Å². The van der Waals surface area contributed by atoms with E-state index in [9.17, 15) is 14.4 Å². The van der Waals surface area contributed by atoms with E-state index in [0.717, 1.165) is 77.0 Å². The molecule has 0 spiro atoms. The van der Waals surface area contributed by atoms with Crippen molar-refractivity contribution in [3.63, 3.8) is 0 Å². The van der Waals surface area contributed by atoms with Crippen LogP contribution in [0.1, 0.15) is 271 Å². The average molecular weight is 843 g/mol. The van der Waals surface area contributed by atoms with Crippen molar-refractivity contribution >= 4 is 17.9 Å². The van der Waals surface area contributed by atoms with Crippen LogP contribution in [0.3, 0.4) is 0 Å². The van der Waals surface area contributed by atoms with Gasteiger partial charge in [0, 0.05) is 19.3 Å². The van der Waals surface area contributed by atoms with Crippen LogP contribution < -0.4 is 0 Å². The fourth-order valence-electron chi connectivity index (χ4n) is 7.37. The van der Waals surface area contributed by atoms with Crippen LogP contribution in [0.2, 0.25) is 0 Å². The van der Waals surface area contributed by atoms with Crippen molar-refractivity contribution in [2.75, 3.05) is 13.2 Å². The predicted octanol–water partition coefficient (Wildman–Crippen LogP) is 16.9. The fraction of sp³-hybridized carbons (Fsp3) is 0.833. The van der Waals surface area contributed by atoms with Gasteiger partial charge in [0.2, 0.25) is 0 Å². The molecule has 0 saturated heterocycles. The predicted molar refractivity (Wildman–Crippen MR) is 256 cm³/mol. The number of esters is 3. The van der Waals surface area contributed by atoms with Gasteiger partial charge >= 0.3 is 17.9 Å². The summed E-state index contributed by atoms with van der Waals surface area (Å²) in [6, 6.07) is 0. The molecule has 6 nitrogen and oxygen atoms in total. The molecule has 0 aromatic heterocycles. The lowest BCUT2D eigenvalue weighted by molar-refractivity contribution is -0.167. The van der Waals surface area contributed by atoms with Crippen molar-refractivity contribution in [1.82, 2.24) is 0 Å². The maximum atomic E-state index is 12.8. The van der Waals surface area contributed by atoms with Gasteiger partial charge in [0.05, 0.1) is 0 Å². The molecule has 0 atom stereocenters. The van der Waals surface area contributed by atoms with Crippen LogP contribution in [-0.4, -0.2) is 37.2 Å². The Balaban J connectivity index is 4.39. The van der Waals surface area contributed by atoms with Gasteiger partial charge in [-0.05, 0) is 96.3 Å². The van der Waals surface area contributed by atoms with Gasteiger partial charge in [-0.15, -0.1) is 0 Å². The van der Waals surface area contributed by atoms with E-state index in [1.165, 1.54) is 154 Å². The normalized spacial score (nSPS) is 11.8. The molecule has 0 aromatic carbocycles. The average Bonchev–Trinajstić information content (AvgIpc) is 3.24. The summed E-state index contributed by atoms with van der Waals surface area (Å²) in [7, 11) is 0. The number of allylic oxidation sites excluding steroid dienone is 6. The largest absolute Gasteiger partial charge is 0.462 e. The van der Waals surface area contributed by atoms with Gasteiger partial charge in [-0.1, -0.05) is 192 Å². The SMILES string of the molecule is CCCCCC/C=C\CCCCCCCCC(=O)OCC(COC(=O)CCCCCCCC/C=C\CCCCCC)OC(=O)CCCCCCCC/C=C\CCCCCC. The lowest BCUT2D eigenvalue weighted by atomic mass is 10.1. The van der Waals surface area contributed by atoms with Crippen LogP contribution in [0.4, 0.5) is 0 Å². The first-order chi connectivity index (χ1) is 29.5. The zero-order valence-electron chi connectivity index (χ0n) is 40.0. The molecule has 0 unspecified atom stereocenters. The van der Waals surface area contributed by atoms with E-state index < -0.39 is 6.10 Å². The first-order valence-electron chi connectivity index (χ1n) is 26.0. The first-order valence-corrected chi connectivity index (χ1v) is 26.0. The Hall–Kier alpha value is -2.37. The van der Waals surface area contributed by atoms with E-state index in [4.69, 9.17) is 14.2 Å². The van der Waals surface area contributed by atoms with Gasteiger partial charge in [-0.25, -0.2) is 0 Å². The lowest BCUT2D eigenvalue weighted by Crippen LogP contribution is -2.30. The van der Waals surface area contributed by atoms with Crippen molar-refractivity contribution in [2.45, 2.75) is 277 Å². The number of rotatable bonds is 47. The van der Waals surface area contributed by atoms with Crippen LogP contribution in [0.5, 0.6) is 0 Å². The maximum Gasteiger partial charge on any atom is 0.306 e. The monoisotopic (exact) mass is 843 g/mol. The standard InChI is InChI=1S/C54H98O6/c1-4-7-10-13-16-19-22-25-28-31-34-37-40-43-46-52(55)58-49-51(60-54(57)48-45-42-39-36-33-30-27-24-21-18-15-12-9-6-3)50-59-53(56)47-44-41-38-35-32-29-26-23-20-17-14-11-8-5-2/h19-24,51H,4-18,25-50H2,1-3H3/b22-19-,23-20-,24-21-. The zero-order chi connectivity index (χ0) is 43.7. The minimum Gasteiger partial charge on any atom is -0.462 e. The summed E-state index contributed by atoms with van der Waals surface area (Å²) in [4.78, 5) is 37.9. The molecule has 0 N–H and O–H groups in total. The Morgan fingerprint density at radius 2 is 0.550 bits per heavy atom. The van der Waals surface area contributed by atoms with Gasteiger partial charge < -0.3 is 14.2 Å². The number of ether oxygens (including phenoxy) is 3. The molecule has 350 valence electrons. The Bertz CT molecular complexity index is 962. The van der Waals surface area contributed by atoms with E-state index in [-0.39, 0.29) is 31.1 Å². The summed E-state index contributed by atoms with van der Waals surface area (Å²) < 4.78 is 16.8. The second-order valence-corrected chi connectivity index (χ2v) is 17.4. The zero-order valence-corrected chi connectivity index (χ0v) is 40.0. The summed E-state index contributed by atoms with van der Waals surface area (Å²) >= 11 is 0. The summed E-state index contributed by atoms with van der Waals surface area (Å²) in [5.41, 5.74) is 0. The third-order valence-corrected chi connectivity index (χ3v) is 11.3. The topological polar surface area (TPSA) is 78.9 Å². The van der Waals surface area contributed by atoms with Crippen LogP contribution in [-0.2, 0) is 28.6 Å². The first kappa shape index (κ1) is 57.6. The van der Waals surface area contributed by atoms with Gasteiger partial charge in [-0.2, -0.15) is 0 Å². The molecular formula is C54H98O6. The molecule has 0 aliphatic carbocycles. The van der Waals surface area contributed by atoms with Crippen molar-refractivity contribution in [3.8, 4) is 0 Å². The van der Waals surface area contributed by atoms with Crippen LogP contribution in [0.25, 0.3) is 0 Å². The summed E-state index contributed by atoms with van der Waals surface area (Å²) in [6.45, 7) is 6.60. The highest BCUT2D eigenvalue weighted by Crippen LogP contribution is 2.14. The molecule has 0 aliphatic rings. The molecule has 0 fully saturated rings. The number of unbranched alkanes of at least 4 members (excludes halogenated alkanes) is 30. The number of hydrogen-bond acceptors (Lipinski definition) is 6. The van der Waals surface area contributed by atoms with Crippen molar-refractivity contribution in [1.29, 1.82) is 0 Å². The third kappa shape index (κ3) is 46.7. The Labute approximate surface area is 372 Å². The third-order valence-electron chi connectivity index (χ3n) is 11.3. The molecule has 0 heterocycles. The van der Waals surface area contributed by atoms with E-state index in [2.05, 4.69) is 57.2 Å². The van der Waals surface area contributed by atoms with E-state index in [0.29, 0.717) is 19.3 Å². The van der Waals surface area contributed by atoms with Crippen LogP contribution in [0.15, 0.2) is 36.5 Å². The molecule has 60 heavy (non-hydrogen) atoms. The second-order valence-electron chi connectivity index (χ2n) is 17.4. The number of carbonyl (C=O) groups is 3. The van der Waals surface area contributed by atoms with Gasteiger partial charge in [0.1, 0.15) is 13.2 Å². The molecule has 0 bridgehead atoms. The molecule has 0 saturated carbocycles. The van der Waals surface area contributed by atoms with E-state index in [1.807, 2.05) is 0 Å². The second kappa shape index (κ2) is 49.3. The van der Waals surface area contributed by atoms with E-state index in [1.54, 1.807) is 0 Å². The molecule has 0 amide bonds. The number of hydrogen-bond donors (Lipinski definition) is 0. The minimum atomic E-state index is -0.777. The highest BCUT2D eigenvalue weighted by atomic mass is 16.6. The Morgan fingerprint density at radius 1 is 0.317 bits per heavy atom. The molecule has 0 aromatic rings. The Kier molecular flexibility index (Phi) is 47.3. The summed E-state index contributed by atoms with van der Waals surface area (Å²) in [5.74, 6) is -0.888. The maximum absolute atomic E-state index is 12.8. The fourth-order valence-corrected chi connectivity index (χ4v) is 7.37. The summed E-state index contributed by atoms with van der Waals surface area (Å²) in [5, 5.41) is 0. The highest BCUT2D eigenvalue weighted by Gasteiger charge is 2.19. The van der Waals surface area contributed by atoms with Crippen molar-refractivity contribution in [2.24, 2.45) is 0 Å². The van der Waals surface area contributed by atoms with E-state index >= 15 is 0 Å². The smallest absolute Gasteiger partial charge is 0.306 e. The molecule has 0 rings (SSSR count). The van der Waals surface area contributed by atoms with Gasteiger partial charge in [0.25, 0.3) is 0 Å². The lowest BCUT2D eigenvalue weighted by Gasteiger charge is -2.18. The highest BCUT2D eigenvalue weighted by molar-refractivity contribution is 5.71. The van der Waals surface area contributed by atoms with Crippen LogP contribution >= 0.6 is 0 Å². The molecule has 0 radical (unpaired) electrons. The van der Waals surface area contributed by atoms with Gasteiger partial charge in [-0.3, -0.25) is 14.4 Å². The minimum absolute atomic E-state index is 0.0782. The quantitative estimate of drug-likeness (QED) is 0.0263. The molecule has 0 aliphatic heterocycles. The van der Waals surface area contributed by atoms with Gasteiger partial charge in [0.15, 0.2) is 6.10 Å². The molecule has 6 heteroatoms.